The first-order valence-electron chi connectivity index (χ1n) is 7.06. The molecule has 2 rings (SSSR count). The maximum atomic E-state index is 10.5. The Morgan fingerprint density at radius 2 is 2.00 bits per heavy atom. The van der Waals surface area contributed by atoms with Crippen LogP contribution in [-0.2, 0) is 10.3 Å². The van der Waals surface area contributed by atoms with Crippen molar-refractivity contribution >= 4 is 0 Å². The monoisotopic (exact) mass is 263 g/mol. The van der Waals surface area contributed by atoms with Crippen LogP contribution < -0.4 is 5.32 Å². The van der Waals surface area contributed by atoms with Crippen LogP contribution in [0.3, 0.4) is 0 Å². The van der Waals surface area contributed by atoms with Gasteiger partial charge in [0, 0.05) is 26.8 Å². The van der Waals surface area contributed by atoms with Gasteiger partial charge in [-0.05, 0) is 37.2 Å². The fraction of sp³-hybridized carbons (Fsp3) is 0.625. The summed E-state index contributed by atoms with van der Waals surface area (Å²) in [6, 6.07) is 9.84. The third-order valence-electron chi connectivity index (χ3n) is 4.16. The van der Waals surface area contributed by atoms with Crippen LogP contribution in [0.15, 0.2) is 30.3 Å². The summed E-state index contributed by atoms with van der Waals surface area (Å²) in [5.74, 6) is 0. The second-order valence-electron chi connectivity index (χ2n) is 5.99. The largest absolute Gasteiger partial charge is 0.385 e. The van der Waals surface area contributed by atoms with Gasteiger partial charge in [0.2, 0.25) is 0 Å². The summed E-state index contributed by atoms with van der Waals surface area (Å²) in [5.41, 5.74) is 0.575. The maximum absolute atomic E-state index is 10.5. The lowest BCUT2D eigenvalue weighted by molar-refractivity contribution is 0.0550. The Morgan fingerprint density at radius 3 is 2.58 bits per heavy atom. The zero-order chi connectivity index (χ0) is 13.8. The lowest BCUT2D eigenvalue weighted by atomic mass is 9.95. The number of aliphatic hydroxyl groups is 1. The van der Waals surface area contributed by atoms with Crippen molar-refractivity contribution in [3.05, 3.63) is 35.9 Å². The summed E-state index contributed by atoms with van der Waals surface area (Å²) >= 11 is 0. The summed E-state index contributed by atoms with van der Waals surface area (Å²) < 4.78 is 5.16. The molecule has 1 unspecified atom stereocenters. The fourth-order valence-electron chi connectivity index (χ4n) is 2.48. The lowest BCUT2D eigenvalue weighted by Gasteiger charge is -2.26. The smallest absolute Gasteiger partial charge is 0.0992 e. The highest BCUT2D eigenvalue weighted by atomic mass is 16.5. The van der Waals surface area contributed by atoms with Gasteiger partial charge >= 0.3 is 0 Å². The quantitative estimate of drug-likeness (QED) is 0.756. The number of hydrogen-bond acceptors (Lipinski definition) is 3. The molecule has 3 heteroatoms. The number of methoxy groups -OCH3 is 1. The third kappa shape index (κ3) is 4.03. The molecule has 0 bridgehead atoms. The van der Waals surface area contributed by atoms with E-state index in [1.54, 1.807) is 7.11 Å². The number of ether oxygens (including phenoxy) is 1. The standard InChI is InChI=1S/C16H25NO2/c1-15(18,14-6-4-3-5-7-14)12-17-13-16(8-9-16)10-11-19-2/h3-7,17-18H,8-13H2,1-2H3. The van der Waals surface area contributed by atoms with E-state index in [0.29, 0.717) is 12.0 Å². The van der Waals surface area contributed by atoms with Gasteiger partial charge in [0.05, 0.1) is 5.60 Å². The van der Waals surface area contributed by atoms with Crippen LogP contribution in [0.4, 0.5) is 0 Å². The number of benzene rings is 1. The van der Waals surface area contributed by atoms with Gasteiger partial charge in [0.15, 0.2) is 0 Å². The molecular formula is C16H25NO2. The van der Waals surface area contributed by atoms with E-state index >= 15 is 0 Å². The van der Waals surface area contributed by atoms with Crippen LogP contribution in [0.25, 0.3) is 0 Å². The zero-order valence-corrected chi connectivity index (χ0v) is 12.0. The van der Waals surface area contributed by atoms with Crippen molar-refractivity contribution in [3.63, 3.8) is 0 Å². The van der Waals surface area contributed by atoms with Crippen molar-refractivity contribution < 1.29 is 9.84 Å². The Kier molecular flexibility index (Phi) is 4.61. The minimum Gasteiger partial charge on any atom is -0.385 e. The Balaban J connectivity index is 1.79. The van der Waals surface area contributed by atoms with E-state index in [1.807, 2.05) is 37.3 Å². The summed E-state index contributed by atoms with van der Waals surface area (Å²) in [4.78, 5) is 0. The van der Waals surface area contributed by atoms with Crippen molar-refractivity contribution in [1.82, 2.24) is 5.32 Å². The van der Waals surface area contributed by atoms with Crippen LogP contribution in [0.1, 0.15) is 31.7 Å². The number of nitrogens with one attached hydrogen (secondary N) is 1. The molecule has 3 nitrogen and oxygen atoms in total. The van der Waals surface area contributed by atoms with Gasteiger partial charge in [0.1, 0.15) is 0 Å². The predicted octanol–water partition coefficient (Wildman–Crippen LogP) is 2.30. The summed E-state index contributed by atoms with van der Waals surface area (Å²) in [6.45, 7) is 4.26. The van der Waals surface area contributed by atoms with E-state index in [1.165, 1.54) is 12.8 Å². The van der Waals surface area contributed by atoms with Crippen molar-refractivity contribution in [2.45, 2.75) is 31.8 Å². The average molecular weight is 263 g/mol. The molecule has 0 radical (unpaired) electrons. The molecule has 1 aliphatic rings. The lowest BCUT2D eigenvalue weighted by Crippen LogP contribution is -2.38. The van der Waals surface area contributed by atoms with E-state index in [-0.39, 0.29) is 0 Å². The summed E-state index contributed by atoms with van der Waals surface area (Å²) in [6.07, 6.45) is 3.66. The van der Waals surface area contributed by atoms with Crippen LogP contribution in [-0.4, -0.2) is 31.9 Å². The molecule has 1 fully saturated rings. The van der Waals surface area contributed by atoms with Gasteiger partial charge < -0.3 is 15.2 Å². The minimum absolute atomic E-state index is 0.419. The first kappa shape index (κ1) is 14.5. The molecule has 2 N–H and O–H groups in total. The van der Waals surface area contributed by atoms with E-state index in [9.17, 15) is 5.11 Å². The summed E-state index contributed by atoms with van der Waals surface area (Å²) in [7, 11) is 1.75. The molecule has 1 aromatic carbocycles. The highest BCUT2D eigenvalue weighted by Gasteiger charge is 2.41. The van der Waals surface area contributed by atoms with Crippen molar-refractivity contribution in [2.24, 2.45) is 5.41 Å². The van der Waals surface area contributed by atoms with E-state index in [2.05, 4.69) is 5.32 Å². The average Bonchev–Trinajstić information content (AvgIpc) is 3.18. The van der Waals surface area contributed by atoms with Gasteiger partial charge in [-0.15, -0.1) is 0 Å². The minimum atomic E-state index is -0.807. The van der Waals surface area contributed by atoms with Gasteiger partial charge in [-0.1, -0.05) is 30.3 Å². The summed E-state index contributed by atoms with van der Waals surface area (Å²) in [5, 5.41) is 13.9. The molecule has 1 aliphatic carbocycles. The molecule has 0 heterocycles. The van der Waals surface area contributed by atoms with Crippen LogP contribution >= 0.6 is 0 Å². The van der Waals surface area contributed by atoms with Gasteiger partial charge in [0.25, 0.3) is 0 Å². The van der Waals surface area contributed by atoms with E-state index in [0.717, 1.165) is 25.1 Å². The molecular weight excluding hydrogens is 238 g/mol. The van der Waals surface area contributed by atoms with Crippen molar-refractivity contribution in [3.8, 4) is 0 Å². The van der Waals surface area contributed by atoms with Crippen LogP contribution in [0.2, 0.25) is 0 Å². The fourth-order valence-corrected chi connectivity index (χ4v) is 2.48. The molecule has 0 spiro atoms. The van der Waals surface area contributed by atoms with E-state index < -0.39 is 5.60 Å². The van der Waals surface area contributed by atoms with Gasteiger partial charge in [-0.3, -0.25) is 0 Å². The van der Waals surface area contributed by atoms with Crippen molar-refractivity contribution in [1.29, 1.82) is 0 Å². The zero-order valence-electron chi connectivity index (χ0n) is 12.0. The van der Waals surface area contributed by atoms with Gasteiger partial charge in [-0.2, -0.15) is 0 Å². The second kappa shape index (κ2) is 6.04. The van der Waals surface area contributed by atoms with E-state index in [4.69, 9.17) is 4.74 Å². The molecule has 0 aromatic heterocycles. The molecule has 106 valence electrons. The highest BCUT2D eigenvalue weighted by molar-refractivity contribution is 5.21. The molecule has 0 amide bonds. The normalized spacial score (nSPS) is 19.9. The molecule has 1 saturated carbocycles. The molecule has 0 aliphatic heterocycles. The van der Waals surface area contributed by atoms with Gasteiger partial charge in [-0.25, -0.2) is 0 Å². The predicted molar refractivity (Wildman–Crippen MR) is 77.0 cm³/mol. The van der Waals surface area contributed by atoms with Crippen LogP contribution in [0, 0.1) is 5.41 Å². The maximum Gasteiger partial charge on any atom is 0.0992 e. The molecule has 0 saturated heterocycles. The first-order chi connectivity index (χ1) is 9.08. The first-order valence-corrected chi connectivity index (χ1v) is 7.06. The van der Waals surface area contributed by atoms with Crippen LogP contribution in [0.5, 0.6) is 0 Å². The Bertz CT molecular complexity index is 385. The molecule has 1 atom stereocenters. The highest BCUT2D eigenvalue weighted by Crippen LogP contribution is 2.48. The molecule has 1 aromatic rings. The Labute approximate surface area is 116 Å². The number of rotatable bonds is 8. The van der Waals surface area contributed by atoms with Crippen molar-refractivity contribution in [2.75, 3.05) is 26.8 Å². The SMILES string of the molecule is COCCC1(CNCC(C)(O)c2ccccc2)CC1. The Hall–Kier alpha value is -0.900. The third-order valence-corrected chi connectivity index (χ3v) is 4.16. The number of hydrogen-bond donors (Lipinski definition) is 2. The topological polar surface area (TPSA) is 41.5 Å². The second-order valence-corrected chi connectivity index (χ2v) is 5.99. The molecule has 19 heavy (non-hydrogen) atoms. The Morgan fingerprint density at radius 1 is 1.32 bits per heavy atom.